The van der Waals surface area contributed by atoms with Crippen molar-refractivity contribution in [2.75, 3.05) is 105 Å². The van der Waals surface area contributed by atoms with Gasteiger partial charge < -0.3 is 43.6 Å². The summed E-state index contributed by atoms with van der Waals surface area (Å²) in [6.45, 7) is 22.1. The van der Waals surface area contributed by atoms with Gasteiger partial charge in [0, 0.05) is 71.6 Å². The Balaban J connectivity index is 0. The van der Waals surface area contributed by atoms with E-state index in [-0.39, 0.29) is 60.8 Å². The molecule has 14 heteroatoms. The zero-order valence-corrected chi connectivity index (χ0v) is 35.9. The van der Waals surface area contributed by atoms with Crippen molar-refractivity contribution in [1.82, 2.24) is 10.2 Å². The number of imide groups is 1. The average molecular weight is 783 g/mol. The molecule has 0 bridgehead atoms. The lowest BCUT2D eigenvalue weighted by Crippen LogP contribution is -2.35. The Morgan fingerprint density at radius 3 is 2.17 bits per heavy atom. The molecule has 316 valence electrons. The summed E-state index contributed by atoms with van der Waals surface area (Å²) in [6, 6.07) is 0. The van der Waals surface area contributed by atoms with Crippen LogP contribution in [0.15, 0.2) is 0 Å². The van der Waals surface area contributed by atoms with Crippen molar-refractivity contribution in [2.24, 2.45) is 11.8 Å². The van der Waals surface area contributed by atoms with E-state index in [1.165, 1.54) is 11.3 Å². The second-order valence-corrected chi connectivity index (χ2v) is 14.7. The third kappa shape index (κ3) is 30.5. The van der Waals surface area contributed by atoms with Crippen LogP contribution >= 0.6 is 11.8 Å². The monoisotopic (exact) mass is 783 g/mol. The maximum atomic E-state index is 12.2. The molecule has 1 heterocycles. The normalized spacial score (nSPS) is 15.5. The van der Waals surface area contributed by atoms with Crippen LogP contribution in [-0.2, 0) is 47.5 Å². The highest BCUT2D eigenvalue weighted by Crippen LogP contribution is 2.22. The van der Waals surface area contributed by atoms with Gasteiger partial charge in [0.05, 0.1) is 58.0 Å². The number of carbonyl (C=O) groups is 3. The number of hydrogen-bond donors (Lipinski definition) is 2. The Bertz CT molecular complexity index is 882. The zero-order chi connectivity index (χ0) is 40.3. The molecule has 0 radical (unpaired) electrons. The summed E-state index contributed by atoms with van der Waals surface area (Å²) in [7, 11) is 2.72. The first-order chi connectivity index (χ1) is 25.5. The molecule has 13 nitrogen and oxygen atoms in total. The van der Waals surface area contributed by atoms with E-state index in [1.54, 1.807) is 7.11 Å². The first kappa shape index (κ1) is 53.7. The van der Waals surface area contributed by atoms with Gasteiger partial charge in [-0.15, -0.1) is 0 Å². The third-order valence-corrected chi connectivity index (χ3v) is 9.26. The van der Waals surface area contributed by atoms with Crippen molar-refractivity contribution >= 4 is 29.5 Å². The van der Waals surface area contributed by atoms with Crippen LogP contribution in [-0.4, -0.2) is 150 Å². The minimum atomic E-state index is -0.258. The smallest absolute Gasteiger partial charge is 0.232 e. The van der Waals surface area contributed by atoms with Crippen LogP contribution in [0, 0.1) is 11.8 Å². The summed E-state index contributed by atoms with van der Waals surface area (Å²) in [5.41, 5.74) is -0.183. The lowest BCUT2D eigenvalue weighted by atomic mass is 10.1. The molecule has 3 amide bonds. The molecular weight excluding hydrogens is 704 g/mol. The molecule has 0 aromatic carbocycles. The lowest BCUT2D eigenvalue weighted by Gasteiger charge is -2.23. The molecule has 3 unspecified atom stereocenters. The van der Waals surface area contributed by atoms with E-state index < -0.39 is 0 Å². The number of thioether (sulfide) groups is 1. The molecule has 1 rings (SSSR count). The summed E-state index contributed by atoms with van der Waals surface area (Å²) < 4.78 is 40.5. The molecule has 1 aliphatic heterocycles. The van der Waals surface area contributed by atoms with Crippen LogP contribution < -0.4 is 5.32 Å². The molecule has 1 fully saturated rings. The lowest BCUT2D eigenvalue weighted by molar-refractivity contribution is -0.139. The highest BCUT2D eigenvalue weighted by Gasteiger charge is 2.37. The van der Waals surface area contributed by atoms with E-state index in [1.807, 2.05) is 39.5 Å². The number of likely N-dealkylation sites (tertiary alicyclic amines) is 1. The number of ether oxygens (including phenoxy) is 7. The molecule has 0 aromatic rings. The number of hydrogen-bond acceptors (Lipinski definition) is 12. The summed E-state index contributed by atoms with van der Waals surface area (Å²) in [4.78, 5) is 37.7. The van der Waals surface area contributed by atoms with Crippen LogP contribution in [0.4, 0.5) is 0 Å². The van der Waals surface area contributed by atoms with Crippen LogP contribution in [0.2, 0.25) is 0 Å². The predicted molar refractivity (Wildman–Crippen MR) is 212 cm³/mol. The summed E-state index contributed by atoms with van der Waals surface area (Å²) in [5.74, 6) is 2.05. The number of aliphatic hydroxyl groups is 1. The maximum Gasteiger partial charge on any atom is 0.232 e. The molecule has 1 saturated heterocycles. The van der Waals surface area contributed by atoms with Gasteiger partial charge in [0.25, 0.3) is 0 Å². The SMILES string of the molecule is CC.CCC1CC(=O)N(CCC(=O)NCCCOCC(COCCOCCC(C)OCCC(C)(C)OC)OCCOCCSCCC(C)C)C1=O.CO. The molecule has 2 N–H and O–H groups in total. The fraction of sp³-hybridized carbons (Fsp3) is 0.923. The molecule has 0 aliphatic carbocycles. The number of nitrogens with zero attached hydrogens (tertiary/aromatic N) is 1. The van der Waals surface area contributed by atoms with E-state index in [9.17, 15) is 14.4 Å². The summed E-state index contributed by atoms with van der Waals surface area (Å²) in [5, 5.41) is 9.84. The predicted octanol–water partition coefficient (Wildman–Crippen LogP) is 5.14. The van der Waals surface area contributed by atoms with Crippen molar-refractivity contribution in [3.05, 3.63) is 0 Å². The quantitative estimate of drug-likeness (QED) is 0.0670. The summed E-state index contributed by atoms with van der Waals surface area (Å²) in [6.07, 6.45) is 4.31. The van der Waals surface area contributed by atoms with Gasteiger partial charge in [-0.1, -0.05) is 34.6 Å². The molecule has 0 spiro atoms. The van der Waals surface area contributed by atoms with Gasteiger partial charge in [0.2, 0.25) is 17.7 Å². The number of rotatable bonds is 33. The maximum absolute atomic E-state index is 12.2. The second kappa shape index (κ2) is 36.3. The Hall–Kier alpha value is -1.36. The average Bonchev–Trinajstić information content (AvgIpc) is 3.43. The summed E-state index contributed by atoms with van der Waals surface area (Å²) >= 11 is 1.92. The van der Waals surface area contributed by atoms with E-state index in [0.717, 1.165) is 37.4 Å². The van der Waals surface area contributed by atoms with Crippen LogP contribution in [0.3, 0.4) is 0 Å². The van der Waals surface area contributed by atoms with E-state index in [2.05, 4.69) is 33.0 Å². The van der Waals surface area contributed by atoms with Crippen molar-refractivity contribution in [2.45, 2.75) is 118 Å². The number of nitrogens with one attached hydrogen (secondary N) is 1. The number of carbonyl (C=O) groups excluding carboxylic acids is 3. The second-order valence-electron chi connectivity index (χ2n) is 13.5. The minimum Gasteiger partial charge on any atom is -0.400 e. The van der Waals surface area contributed by atoms with Crippen LogP contribution in [0.1, 0.15) is 100 Å². The van der Waals surface area contributed by atoms with Gasteiger partial charge in [0.15, 0.2) is 0 Å². The minimum absolute atomic E-state index is 0.102. The third-order valence-electron chi connectivity index (χ3n) is 8.28. The number of methoxy groups -OCH3 is 1. The molecular formula is C39H78N2O11S. The number of aliphatic hydroxyl groups excluding tert-OH is 1. The molecule has 3 atom stereocenters. The number of amides is 3. The molecule has 1 aliphatic rings. The van der Waals surface area contributed by atoms with Crippen LogP contribution in [0.25, 0.3) is 0 Å². The van der Waals surface area contributed by atoms with Crippen molar-refractivity contribution in [3.8, 4) is 0 Å². The Morgan fingerprint density at radius 2 is 1.53 bits per heavy atom. The van der Waals surface area contributed by atoms with Crippen molar-refractivity contribution < 1.29 is 52.6 Å². The van der Waals surface area contributed by atoms with Crippen LogP contribution in [0.5, 0.6) is 0 Å². The fourth-order valence-corrected chi connectivity index (χ4v) is 5.74. The highest BCUT2D eigenvalue weighted by molar-refractivity contribution is 7.99. The van der Waals surface area contributed by atoms with Gasteiger partial charge in [-0.2, -0.15) is 11.8 Å². The topological polar surface area (TPSA) is 151 Å². The van der Waals surface area contributed by atoms with Gasteiger partial charge in [-0.3, -0.25) is 19.3 Å². The van der Waals surface area contributed by atoms with Crippen molar-refractivity contribution in [3.63, 3.8) is 0 Å². The van der Waals surface area contributed by atoms with Gasteiger partial charge in [-0.05, 0) is 64.5 Å². The zero-order valence-electron chi connectivity index (χ0n) is 35.0. The Kier molecular flexibility index (Phi) is 36.8. The van der Waals surface area contributed by atoms with Gasteiger partial charge in [0.1, 0.15) is 6.10 Å². The first-order valence-corrected chi connectivity index (χ1v) is 20.9. The molecule has 0 saturated carbocycles. The fourth-order valence-electron chi connectivity index (χ4n) is 4.66. The Labute approximate surface area is 326 Å². The molecule has 53 heavy (non-hydrogen) atoms. The van der Waals surface area contributed by atoms with E-state index >= 15 is 0 Å². The largest absolute Gasteiger partial charge is 0.400 e. The van der Waals surface area contributed by atoms with E-state index in [4.69, 9.17) is 38.3 Å². The first-order valence-electron chi connectivity index (χ1n) is 19.7. The van der Waals surface area contributed by atoms with Gasteiger partial charge >= 0.3 is 0 Å². The van der Waals surface area contributed by atoms with E-state index in [0.29, 0.717) is 85.5 Å². The standard InChI is InChI=1S/C36H68N2O10S.C2H6.CH4O/c1-8-31-26-34(40)38(35(31)41)15-10-33(39)37-14-9-16-45-27-32(48-22-21-44-23-25-49-24-12-29(2)3)28-46-20-19-43-17-11-30(4)47-18-13-36(5,6)42-7;2*1-2/h29-32H,8-28H2,1-7H3,(H,37,39);1-2H3;2H,1H3. The van der Waals surface area contributed by atoms with Gasteiger partial charge in [-0.25, -0.2) is 0 Å². The Morgan fingerprint density at radius 1 is 0.887 bits per heavy atom. The molecule has 0 aromatic heterocycles. The highest BCUT2D eigenvalue weighted by atomic mass is 32.2. The van der Waals surface area contributed by atoms with Crippen molar-refractivity contribution in [1.29, 1.82) is 0 Å².